The van der Waals surface area contributed by atoms with E-state index in [1.165, 1.54) is 37.7 Å². The molecule has 4 fully saturated rings. The number of nitrogens with zero attached hydrogens (tertiary/aromatic N) is 5. The third-order valence-electron chi connectivity index (χ3n) is 11.8. The van der Waals surface area contributed by atoms with Crippen LogP contribution in [0, 0.1) is 19.8 Å². The van der Waals surface area contributed by atoms with E-state index < -0.39 is 0 Å². The minimum atomic E-state index is -0.348. The molecule has 1 aromatic carbocycles. The van der Waals surface area contributed by atoms with Crippen molar-refractivity contribution in [2.24, 2.45) is 5.92 Å². The van der Waals surface area contributed by atoms with Gasteiger partial charge in [0.2, 0.25) is 0 Å². The van der Waals surface area contributed by atoms with Gasteiger partial charge in [0.15, 0.2) is 0 Å². The number of carbonyl (C=O) groups excluding carboxylic acids is 2. The van der Waals surface area contributed by atoms with Gasteiger partial charge in [0.25, 0.3) is 5.91 Å². The zero-order chi connectivity index (χ0) is 31.6. The summed E-state index contributed by atoms with van der Waals surface area (Å²) in [6.07, 6.45) is 13.4. The van der Waals surface area contributed by atoms with Crippen molar-refractivity contribution in [3.05, 3.63) is 52.8 Å². The van der Waals surface area contributed by atoms with Gasteiger partial charge in [0.1, 0.15) is 5.60 Å². The summed E-state index contributed by atoms with van der Waals surface area (Å²) in [6, 6.07) is 10.5. The van der Waals surface area contributed by atoms with E-state index in [0.29, 0.717) is 12.5 Å². The van der Waals surface area contributed by atoms with E-state index in [4.69, 9.17) is 9.84 Å². The largest absolute Gasteiger partial charge is 0.440 e. The fraction of sp³-hybridized carbons (Fsp3) is 0.703. The summed E-state index contributed by atoms with van der Waals surface area (Å²) in [6.45, 7) is 13.6. The highest BCUT2D eigenvalue weighted by molar-refractivity contribution is 5.96. The number of hydrogen-bond acceptors (Lipinski definition) is 5. The molecule has 8 heteroatoms. The van der Waals surface area contributed by atoms with Gasteiger partial charge >= 0.3 is 6.09 Å². The minimum Gasteiger partial charge on any atom is -0.440 e. The summed E-state index contributed by atoms with van der Waals surface area (Å²) in [5, 5.41) is 4.75. The number of unbranched alkanes of at least 4 members (excludes halogenated alkanes) is 1. The molecule has 1 atom stereocenters. The Labute approximate surface area is 270 Å². The van der Waals surface area contributed by atoms with Crippen molar-refractivity contribution in [1.29, 1.82) is 0 Å². The number of amides is 2. The molecule has 0 radical (unpaired) electrons. The Bertz CT molecular complexity index is 1320. The molecule has 6 rings (SSSR count). The van der Waals surface area contributed by atoms with Crippen LogP contribution in [0.15, 0.2) is 30.3 Å². The van der Waals surface area contributed by atoms with Crippen molar-refractivity contribution in [2.75, 3.05) is 32.7 Å². The van der Waals surface area contributed by atoms with Crippen molar-refractivity contribution >= 4 is 12.0 Å². The van der Waals surface area contributed by atoms with Gasteiger partial charge in [-0.2, -0.15) is 5.10 Å². The first-order chi connectivity index (χ1) is 21.7. The van der Waals surface area contributed by atoms with Crippen LogP contribution < -0.4 is 0 Å². The number of ether oxygens (including phenoxy) is 1. The summed E-state index contributed by atoms with van der Waals surface area (Å²) in [4.78, 5) is 34.0. The summed E-state index contributed by atoms with van der Waals surface area (Å²) in [5.41, 5.74) is 3.39. The lowest BCUT2D eigenvalue weighted by molar-refractivity contribution is -0.0601. The number of aryl methyl sites for hydroxylation is 1. The van der Waals surface area contributed by atoms with Gasteiger partial charge in [-0.3, -0.25) is 14.4 Å². The molecule has 2 aromatic rings. The predicted molar refractivity (Wildman–Crippen MR) is 177 cm³/mol. The number of benzene rings is 1. The first kappa shape index (κ1) is 32.1. The predicted octanol–water partition coefficient (Wildman–Crippen LogP) is 6.97. The van der Waals surface area contributed by atoms with E-state index in [1.807, 2.05) is 41.6 Å². The molecule has 1 aromatic heterocycles. The number of rotatable bonds is 9. The van der Waals surface area contributed by atoms with Gasteiger partial charge in [-0.15, -0.1) is 0 Å². The fourth-order valence-electron chi connectivity index (χ4n) is 8.82. The Hall–Kier alpha value is -2.87. The van der Waals surface area contributed by atoms with Crippen molar-refractivity contribution in [3.8, 4) is 0 Å². The van der Waals surface area contributed by atoms with E-state index >= 15 is 0 Å². The van der Waals surface area contributed by atoms with Gasteiger partial charge in [0, 0.05) is 56.8 Å². The molecule has 1 saturated carbocycles. The van der Waals surface area contributed by atoms with Crippen LogP contribution in [0.2, 0.25) is 0 Å². The molecule has 0 bridgehead atoms. The first-order valence-corrected chi connectivity index (χ1v) is 17.8. The second kappa shape index (κ2) is 13.5. The van der Waals surface area contributed by atoms with Gasteiger partial charge < -0.3 is 14.5 Å². The molecular weight excluding hydrogens is 562 g/mol. The van der Waals surface area contributed by atoms with Crippen LogP contribution in [-0.4, -0.2) is 86.4 Å². The Morgan fingerprint density at radius 2 is 1.67 bits per heavy atom. The van der Waals surface area contributed by atoms with Gasteiger partial charge in [-0.1, -0.05) is 69.4 Å². The van der Waals surface area contributed by atoms with E-state index in [1.54, 1.807) is 0 Å². The topological polar surface area (TPSA) is 70.9 Å². The molecule has 3 saturated heterocycles. The lowest BCUT2D eigenvalue weighted by atomic mass is 9.78. The number of likely N-dealkylation sites (tertiary alicyclic amines) is 2. The van der Waals surface area contributed by atoms with E-state index in [-0.39, 0.29) is 29.2 Å². The van der Waals surface area contributed by atoms with Crippen LogP contribution in [0.25, 0.3) is 0 Å². The quantitative estimate of drug-likeness (QED) is 0.304. The molecule has 2 amide bonds. The van der Waals surface area contributed by atoms with E-state index in [2.05, 4.69) is 35.8 Å². The Balaban J connectivity index is 1.07. The molecule has 1 unspecified atom stereocenters. The molecule has 246 valence electrons. The van der Waals surface area contributed by atoms with Crippen LogP contribution in [0.5, 0.6) is 0 Å². The lowest BCUT2D eigenvalue weighted by Gasteiger charge is -2.51. The first-order valence-electron chi connectivity index (χ1n) is 17.8. The third-order valence-corrected chi connectivity index (χ3v) is 11.8. The Kier molecular flexibility index (Phi) is 9.60. The zero-order valence-corrected chi connectivity index (χ0v) is 28.2. The van der Waals surface area contributed by atoms with E-state index in [9.17, 15) is 9.59 Å². The molecule has 4 heterocycles. The molecule has 45 heavy (non-hydrogen) atoms. The number of hydrogen-bond donors (Lipinski definition) is 0. The number of carbonyl (C=O) groups is 2. The maximum Gasteiger partial charge on any atom is 0.410 e. The SMILES string of the molecule is CCCCC1N(CC2CCCCC2)C(=O)OC12CCN(C1(C)CCN(C(=O)c3c(C)nn(Cc4ccccc4)c3C)CC1)CC2. The summed E-state index contributed by atoms with van der Waals surface area (Å²) >= 11 is 0. The molecule has 8 nitrogen and oxygen atoms in total. The summed E-state index contributed by atoms with van der Waals surface area (Å²) in [7, 11) is 0. The van der Waals surface area contributed by atoms with Crippen molar-refractivity contribution in [1.82, 2.24) is 24.5 Å². The van der Waals surface area contributed by atoms with Gasteiger partial charge in [0.05, 0.1) is 23.8 Å². The maximum atomic E-state index is 13.8. The van der Waals surface area contributed by atoms with Crippen molar-refractivity contribution < 1.29 is 14.3 Å². The number of aromatic nitrogens is 2. The van der Waals surface area contributed by atoms with Gasteiger partial charge in [-0.25, -0.2) is 4.79 Å². The van der Waals surface area contributed by atoms with Crippen LogP contribution >= 0.6 is 0 Å². The standard InChI is InChI=1S/C37H55N5O3/c1-5-6-17-32-37(45-35(44)41(32)26-30-13-9-7-10-14-30)20-24-40(25-21-37)36(4)18-22-39(23-19-36)34(43)33-28(2)38-42(29(33)3)27-31-15-11-8-12-16-31/h8,11-12,15-16,30,32H,5-7,9-10,13-14,17-27H2,1-4H3. The van der Waals surface area contributed by atoms with Crippen molar-refractivity contribution in [3.63, 3.8) is 0 Å². The molecular formula is C37H55N5O3. The minimum absolute atomic E-state index is 0.0449. The lowest BCUT2D eigenvalue weighted by Crippen LogP contribution is -2.60. The van der Waals surface area contributed by atoms with Crippen LogP contribution in [0.4, 0.5) is 4.79 Å². The van der Waals surface area contributed by atoms with Crippen molar-refractivity contribution in [2.45, 2.75) is 128 Å². The molecule has 1 spiro atoms. The smallest absolute Gasteiger partial charge is 0.410 e. The Morgan fingerprint density at radius 3 is 2.33 bits per heavy atom. The molecule has 1 aliphatic carbocycles. The Morgan fingerprint density at radius 1 is 0.978 bits per heavy atom. The molecule has 4 aliphatic rings. The van der Waals surface area contributed by atoms with Crippen LogP contribution in [-0.2, 0) is 11.3 Å². The van der Waals surface area contributed by atoms with Crippen LogP contribution in [0.3, 0.4) is 0 Å². The average Bonchev–Trinajstić information content (AvgIpc) is 3.46. The second-order valence-electron chi connectivity index (χ2n) is 14.7. The average molecular weight is 618 g/mol. The normalized spacial score (nSPS) is 23.9. The summed E-state index contributed by atoms with van der Waals surface area (Å²) < 4.78 is 8.35. The van der Waals surface area contributed by atoms with Gasteiger partial charge in [-0.05, 0) is 64.4 Å². The monoisotopic (exact) mass is 617 g/mol. The maximum absolute atomic E-state index is 13.8. The van der Waals surface area contributed by atoms with E-state index in [0.717, 1.165) is 94.6 Å². The summed E-state index contributed by atoms with van der Waals surface area (Å²) in [5.74, 6) is 0.738. The highest BCUT2D eigenvalue weighted by atomic mass is 16.6. The van der Waals surface area contributed by atoms with Crippen LogP contribution in [0.1, 0.15) is 118 Å². The highest BCUT2D eigenvalue weighted by Crippen LogP contribution is 2.44. The fourth-order valence-corrected chi connectivity index (χ4v) is 8.82. The third kappa shape index (κ3) is 6.54. The molecule has 3 aliphatic heterocycles. The second-order valence-corrected chi connectivity index (χ2v) is 14.7. The number of piperidine rings is 2. The molecule has 0 N–H and O–H groups in total. The highest BCUT2D eigenvalue weighted by Gasteiger charge is 2.56. The zero-order valence-electron chi connectivity index (χ0n) is 28.2.